The van der Waals surface area contributed by atoms with Gasteiger partial charge < -0.3 is 9.67 Å². The van der Waals surface area contributed by atoms with Crippen LogP contribution in [0.5, 0.6) is 0 Å². The molecule has 0 bridgehead atoms. The van der Waals surface area contributed by atoms with Crippen LogP contribution in [0.3, 0.4) is 0 Å². The summed E-state index contributed by atoms with van der Waals surface area (Å²) in [6, 6.07) is 0. The van der Waals surface area contributed by atoms with Crippen molar-refractivity contribution < 1.29 is 9.90 Å². The van der Waals surface area contributed by atoms with Crippen molar-refractivity contribution in [1.82, 2.24) is 9.55 Å². The van der Waals surface area contributed by atoms with Crippen molar-refractivity contribution in [3.8, 4) is 0 Å². The molecule has 5 heteroatoms. The van der Waals surface area contributed by atoms with Gasteiger partial charge in [-0.25, -0.2) is 4.98 Å². The minimum absolute atomic E-state index is 0.0176. The van der Waals surface area contributed by atoms with Gasteiger partial charge in [-0.15, -0.1) is 0 Å². The molecule has 1 aliphatic rings. The molecule has 0 radical (unpaired) electrons. The normalized spacial score (nSPS) is 19.5. The second kappa shape index (κ2) is 4.45. The lowest BCUT2D eigenvalue weighted by atomic mass is 9.96. The summed E-state index contributed by atoms with van der Waals surface area (Å²) < 4.78 is 1.97. The summed E-state index contributed by atoms with van der Waals surface area (Å²) in [7, 11) is 0. The lowest BCUT2D eigenvalue weighted by molar-refractivity contribution is -0.137. The second-order valence-corrected chi connectivity index (χ2v) is 4.51. The number of rotatable bonds is 3. The van der Waals surface area contributed by atoms with Crippen LogP contribution < -0.4 is 0 Å². The molecule has 16 heavy (non-hydrogen) atoms. The monoisotopic (exact) mass is 242 g/mol. The van der Waals surface area contributed by atoms with Gasteiger partial charge in [0.2, 0.25) is 0 Å². The molecule has 0 aromatic carbocycles. The molecule has 2 rings (SSSR count). The minimum atomic E-state index is -0.768. The van der Waals surface area contributed by atoms with Crippen LogP contribution >= 0.6 is 11.6 Å². The lowest BCUT2D eigenvalue weighted by Crippen LogP contribution is -2.18. The number of nitrogens with zero attached hydrogens (tertiary/aromatic N) is 2. The molecule has 1 aromatic rings. The molecule has 0 aliphatic carbocycles. The van der Waals surface area contributed by atoms with Crippen molar-refractivity contribution in [3.63, 3.8) is 0 Å². The Balaban J connectivity index is 2.34. The average Bonchev–Trinajstić information content (AvgIpc) is 2.56. The van der Waals surface area contributed by atoms with E-state index in [4.69, 9.17) is 16.7 Å². The van der Waals surface area contributed by atoms with E-state index in [0.29, 0.717) is 5.15 Å². The van der Waals surface area contributed by atoms with E-state index in [9.17, 15) is 4.79 Å². The Labute approximate surface area is 99.2 Å². The zero-order chi connectivity index (χ0) is 11.7. The summed E-state index contributed by atoms with van der Waals surface area (Å²) in [5.74, 6) is 0.107. The molecular weight excluding hydrogens is 228 g/mol. The Hall–Kier alpha value is -1.03. The molecule has 0 spiro atoms. The molecule has 0 saturated carbocycles. The van der Waals surface area contributed by atoms with Gasteiger partial charge >= 0.3 is 5.97 Å². The van der Waals surface area contributed by atoms with E-state index >= 15 is 0 Å². The summed E-state index contributed by atoms with van der Waals surface area (Å²) >= 11 is 6.20. The molecule has 1 aliphatic heterocycles. The van der Waals surface area contributed by atoms with Crippen molar-refractivity contribution >= 4 is 17.6 Å². The fourth-order valence-corrected chi connectivity index (χ4v) is 2.63. The number of halogens is 1. The van der Waals surface area contributed by atoms with Crippen molar-refractivity contribution in [2.45, 2.75) is 45.1 Å². The molecule has 0 amide bonds. The van der Waals surface area contributed by atoms with Crippen LogP contribution in [0.15, 0.2) is 0 Å². The fraction of sp³-hybridized carbons (Fsp3) is 0.636. The quantitative estimate of drug-likeness (QED) is 0.886. The first-order valence-electron chi connectivity index (χ1n) is 5.60. The van der Waals surface area contributed by atoms with E-state index in [-0.39, 0.29) is 12.3 Å². The smallest absolute Gasteiger partial charge is 0.304 e. The predicted octanol–water partition coefficient (Wildman–Crippen LogP) is 2.45. The fourth-order valence-electron chi connectivity index (χ4n) is 2.28. The van der Waals surface area contributed by atoms with Gasteiger partial charge in [0.1, 0.15) is 11.0 Å². The highest BCUT2D eigenvalue weighted by Crippen LogP contribution is 2.33. The van der Waals surface area contributed by atoms with Gasteiger partial charge in [0.05, 0.1) is 12.1 Å². The molecule has 1 unspecified atom stereocenters. The molecule has 4 nitrogen and oxygen atoms in total. The highest BCUT2D eigenvalue weighted by Gasteiger charge is 2.27. The van der Waals surface area contributed by atoms with E-state index in [1.54, 1.807) is 0 Å². The van der Waals surface area contributed by atoms with Gasteiger partial charge in [0.25, 0.3) is 0 Å². The number of aryl methyl sites for hydroxylation is 1. The summed E-state index contributed by atoms with van der Waals surface area (Å²) in [4.78, 5) is 15.2. The van der Waals surface area contributed by atoms with Crippen molar-refractivity contribution in [1.29, 1.82) is 0 Å². The highest BCUT2D eigenvalue weighted by molar-refractivity contribution is 6.30. The zero-order valence-corrected chi connectivity index (χ0v) is 10.00. The Kier molecular flexibility index (Phi) is 3.19. The maximum absolute atomic E-state index is 10.8. The topological polar surface area (TPSA) is 55.1 Å². The summed E-state index contributed by atoms with van der Waals surface area (Å²) in [5, 5.41) is 9.54. The number of carbonyl (C=O) groups is 1. The first-order valence-corrected chi connectivity index (χ1v) is 5.97. The van der Waals surface area contributed by atoms with Gasteiger partial charge in [0.15, 0.2) is 0 Å². The number of hydrogen-bond donors (Lipinski definition) is 1. The van der Waals surface area contributed by atoms with Crippen molar-refractivity contribution in [2.75, 3.05) is 0 Å². The average molecular weight is 243 g/mol. The first-order chi connectivity index (χ1) is 7.63. The lowest BCUT2D eigenvalue weighted by Gasteiger charge is -2.22. The Morgan fingerprint density at radius 2 is 2.44 bits per heavy atom. The third kappa shape index (κ3) is 1.94. The van der Waals surface area contributed by atoms with E-state index < -0.39 is 5.97 Å². The molecule has 1 N–H and O–H groups in total. The molecule has 2 heterocycles. The van der Waals surface area contributed by atoms with Crippen LogP contribution in [0, 0.1) is 0 Å². The van der Waals surface area contributed by atoms with Gasteiger partial charge in [-0.05, 0) is 19.3 Å². The largest absolute Gasteiger partial charge is 0.481 e. The SMILES string of the molecule is CCc1nc2n(c1Cl)CCCC2CC(=O)O. The number of imidazole rings is 1. The predicted molar refractivity (Wildman–Crippen MR) is 60.8 cm³/mol. The van der Waals surface area contributed by atoms with Crippen LogP contribution in [0.1, 0.15) is 43.6 Å². The minimum Gasteiger partial charge on any atom is -0.481 e. The van der Waals surface area contributed by atoms with Gasteiger partial charge in [-0.1, -0.05) is 18.5 Å². The number of aromatic nitrogens is 2. The maximum atomic E-state index is 10.8. The third-order valence-corrected chi connectivity index (χ3v) is 3.48. The molecular formula is C11H15ClN2O2. The first kappa shape index (κ1) is 11.5. The Bertz CT molecular complexity index is 414. The Morgan fingerprint density at radius 3 is 3.06 bits per heavy atom. The maximum Gasteiger partial charge on any atom is 0.304 e. The highest BCUT2D eigenvalue weighted by atomic mass is 35.5. The van der Waals surface area contributed by atoms with Crippen LogP contribution in [0.4, 0.5) is 0 Å². The number of aliphatic carboxylic acids is 1. The summed E-state index contributed by atoms with van der Waals surface area (Å²) in [6.07, 6.45) is 2.81. The zero-order valence-electron chi connectivity index (χ0n) is 9.24. The van der Waals surface area contributed by atoms with Crippen LogP contribution in [0.2, 0.25) is 5.15 Å². The molecule has 88 valence electrons. The Morgan fingerprint density at radius 1 is 1.69 bits per heavy atom. The van der Waals surface area contributed by atoms with Crippen LogP contribution in [0.25, 0.3) is 0 Å². The molecule has 1 atom stereocenters. The summed E-state index contributed by atoms with van der Waals surface area (Å²) in [5.41, 5.74) is 0.883. The van der Waals surface area contributed by atoms with E-state index in [1.807, 2.05) is 11.5 Å². The van der Waals surface area contributed by atoms with Gasteiger partial charge in [0, 0.05) is 12.5 Å². The standard InChI is InChI=1S/C11H15ClN2O2/c1-2-8-10(12)14-5-3-4-7(6-9(15)16)11(14)13-8/h7H,2-6H2,1H3,(H,15,16). The van der Waals surface area contributed by atoms with E-state index in [1.165, 1.54) is 0 Å². The van der Waals surface area contributed by atoms with E-state index in [0.717, 1.165) is 37.3 Å². The number of fused-ring (bicyclic) bond motifs is 1. The van der Waals surface area contributed by atoms with Gasteiger partial charge in [-0.2, -0.15) is 0 Å². The number of carboxylic acids is 1. The van der Waals surface area contributed by atoms with Crippen LogP contribution in [-0.4, -0.2) is 20.6 Å². The van der Waals surface area contributed by atoms with Gasteiger partial charge in [-0.3, -0.25) is 4.79 Å². The molecule has 0 saturated heterocycles. The van der Waals surface area contributed by atoms with Crippen LogP contribution in [-0.2, 0) is 17.8 Å². The number of carboxylic acid groups (broad SMARTS) is 1. The van der Waals surface area contributed by atoms with E-state index in [2.05, 4.69) is 4.98 Å². The molecule has 1 aromatic heterocycles. The third-order valence-electron chi connectivity index (χ3n) is 3.06. The summed E-state index contributed by atoms with van der Waals surface area (Å²) in [6.45, 7) is 2.86. The second-order valence-electron chi connectivity index (χ2n) is 4.15. The molecule has 0 fully saturated rings. The van der Waals surface area contributed by atoms with Crippen molar-refractivity contribution in [2.24, 2.45) is 0 Å². The van der Waals surface area contributed by atoms with Crippen molar-refractivity contribution in [3.05, 3.63) is 16.7 Å². The number of hydrogen-bond acceptors (Lipinski definition) is 2.